The summed E-state index contributed by atoms with van der Waals surface area (Å²) in [6, 6.07) is 20.4. The first kappa shape index (κ1) is 18.2. The molecule has 1 atom stereocenters. The predicted molar refractivity (Wildman–Crippen MR) is 107 cm³/mol. The molecule has 1 aromatic heterocycles. The highest BCUT2D eigenvalue weighted by atomic mass is 32.2. The van der Waals surface area contributed by atoms with E-state index < -0.39 is 0 Å². The van der Waals surface area contributed by atoms with E-state index in [-0.39, 0.29) is 6.10 Å². The lowest BCUT2D eigenvalue weighted by molar-refractivity contribution is 0.0699. The highest BCUT2D eigenvalue weighted by Gasteiger charge is 2.20. The van der Waals surface area contributed by atoms with E-state index in [1.807, 2.05) is 30.3 Å². The molecule has 140 valence electrons. The van der Waals surface area contributed by atoms with Crippen LogP contribution in [0.3, 0.4) is 0 Å². The number of aromatic nitrogens is 2. The molecule has 1 aliphatic heterocycles. The van der Waals surface area contributed by atoms with Crippen molar-refractivity contribution in [2.45, 2.75) is 24.3 Å². The van der Waals surface area contributed by atoms with Crippen molar-refractivity contribution in [1.82, 2.24) is 15.1 Å². The summed E-state index contributed by atoms with van der Waals surface area (Å²) in [5.74, 6) is 1.37. The third-order valence-corrected chi connectivity index (χ3v) is 5.45. The maximum absolute atomic E-state index is 6.03. The molecule has 0 bridgehead atoms. The molecule has 6 heteroatoms. The summed E-state index contributed by atoms with van der Waals surface area (Å²) in [6.45, 7) is 3.75. The Morgan fingerprint density at radius 1 is 1.00 bits per heavy atom. The maximum Gasteiger partial charge on any atom is 0.276 e. The van der Waals surface area contributed by atoms with Crippen LogP contribution in [0, 0.1) is 0 Å². The summed E-state index contributed by atoms with van der Waals surface area (Å²) < 4.78 is 11.8. The van der Waals surface area contributed by atoms with Gasteiger partial charge in [-0.3, -0.25) is 4.90 Å². The summed E-state index contributed by atoms with van der Waals surface area (Å²) in [7, 11) is 0. The third kappa shape index (κ3) is 5.19. The molecule has 0 saturated carbocycles. The lowest BCUT2D eigenvalue weighted by Gasteiger charge is -2.23. The van der Waals surface area contributed by atoms with Gasteiger partial charge in [-0.15, -0.1) is 10.2 Å². The van der Waals surface area contributed by atoms with Crippen LogP contribution in [0.15, 0.2) is 70.3 Å². The fourth-order valence-corrected chi connectivity index (χ4v) is 3.95. The Labute approximate surface area is 163 Å². The second kappa shape index (κ2) is 9.17. The molecule has 0 amide bonds. The van der Waals surface area contributed by atoms with Crippen LogP contribution in [0.5, 0.6) is 0 Å². The zero-order valence-electron chi connectivity index (χ0n) is 15.2. The molecule has 0 radical (unpaired) electrons. The van der Waals surface area contributed by atoms with Crippen LogP contribution in [0.25, 0.3) is 11.5 Å². The Hall–Kier alpha value is -2.15. The van der Waals surface area contributed by atoms with Crippen molar-refractivity contribution in [1.29, 1.82) is 0 Å². The SMILES string of the molecule is c1ccc(CN2CCCOC(CSc3nnc(-c4ccccc4)o3)C2)cc1. The van der Waals surface area contributed by atoms with Crippen LogP contribution in [-0.4, -0.2) is 46.7 Å². The molecule has 4 rings (SSSR count). The molecule has 1 fully saturated rings. The minimum absolute atomic E-state index is 0.160. The van der Waals surface area contributed by atoms with Gasteiger partial charge in [-0.25, -0.2) is 0 Å². The molecule has 0 N–H and O–H groups in total. The zero-order chi connectivity index (χ0) is 18.3. The molecule has 1 saturated heterocycles. The first-order valence-electron chi connectivity index (χ1n) is 9.26. The lowest BCUT2D eigenvalue weighted by Crippen LogP contribution is -2.32. The van der Waals surface area contributed by atoms with Gasteiger partial charge >= 0.3 is 0 Å². The van der Waals surface area contributed by atoms with E-state index in [9.17, 15) is 0 Å². The summed E-state index contributed by atoms with van der Waals surface area (Å²) in [5, 5.41) is 8.91. The number of hydrogen-bond acceptors (Lipinski definition) is 6. The maximum atomic E-state index is 6.03. The Kier molecular flexibility index (Phi) is 6.19. The Morgan fingerprint density at radius 2 is 1.78 bits per heavy atom. The number of thioether (sulfide) groups is 1. The average molecular weight is 382 g/mol. The highest BCUT2D eigenvalue weighted by molar-refractivity contribution is 7.99. The van der Waals surface area contributed by atoms with Crippen LogP contribution in [0.2, 0.25) is 0 Å². The van der Waals surface area contributed by atoms with E-state index in [0.717, 1.165) is 44.0 Å². The van der Waals surface area contributed by atoms with Crippen LogP contribution < -0.4 is 0 Å². The quantitative estimate of drug-likeness (QED) is 0.599. The van der Waals surface area contributed by atoms with Gasteiger partial charge in [0.2, 0.25) is 5.89 Å². The number of nitrogens with zero attached hydrogens (tertiary/aromatic N) is 3. The van der Waals surface area contributed by atoms with Crippen molar-refractivity contribution < 1.29 is 9.15 Å². The van der Waals surface area contributed by atoms with Crippen molar-refractivity contribution >= 4 is 11.8 Å². The molecular weight excluding hydrogens is 358 g/mol. The molecule has 1 aliphatic rings. The average Bonchev–Trinajstić information content (AvgIpc) is 3.08. The number of benzene rings is 2. The topological polar surface area (TPSA) is 51.4 Å². The van der Waals surface area contributed by atoms with Gasteiger partial charge in [0.1, 0.15) is 0 Å². The Morgan fingerprint density at radius 3 is 2.59 bits per heavy atom. The fraction of sp³-hybridized carbons (Fsp3) is 0.333. The smallest absolute Gasteiger partial charge is 0.276 e. The second-order valence-electron chi connectivity index (χ2n) is 6.62. The van der Waals surface area contributed by atoms with Crippen LogP contribution in [0.1, 0.15) is 12.0 Å². The number of ether oxygens (including phenoxy) is 1. The van der Waals surface area contributed by atoms with E-state index in [1.165, 1.54) is 5.56 Å². The lowest BCUT2D eigenvalue weighted by atomic mass is 10.2. The molecule has 5 nitrogen and oxygen atoms in total. The first-order valence-corrected chi connectivity index (χ1v) is 10.2. The van der Waals surface area contributed by atoms with Crippen LogP contribution >= 0.6 is 11.8 Å². The summed E-state index contributed by atoms with van der Waals surface area (Å²) in [4.78, 5) is 2.47. The molecular formula is C21H23N3O2S. The van der Waals surface area contributed by atoms with Crippen molar-refractivity contribution in [3.8, 4) is 11.5 Å². The Balaban J connectivity index is 1.33. The van der Waals surface area contributed by atoms with Crippen molar-refractivity contribution in [3.05, 3.63) is 66.2 Å². The molecule has 0 spiro atoms. The minimum atomic E-state index is 0.160. The highest BCUT2D eigenvalue weighted by Crippen LogP contribution is 2.24. The van der Waals surface area contributed by atoms with E-state index >= 15 is 0 Å². The van der Waals surface area contributed by atoms with E-state index in [1.54, 1.807) is 11.8 Å². The Bertz CT molecular complexity index is 826. The van der Waals surface area contributed by atoms with Crippen LogP contribution in [-0.2, 0) is 11.3 Å². The molecule has 1 unspecified atom stereocenters. The molecule has 3 aromatic rings. The molecule has 0 aliphatic carbocycles. The normalized spacial score (nSPS) is 18.3. The zero-order valence-corrected chi connectivity index (χ0v) is 16.0. The van der Waals surface area contributed by atoms with Gasteiger partial charge < -0.3 is 9.15 Å². The predicted octanol–water partition coefficient (Wildman–Crippen LogP) is 4.12. The van der Waals surface area contributed by atoms with Gasteiger partial charge in [0.15, 0.2) is 0 Å². The monoisotopic (exact) mass is 381 g/mol. The molecule has 2 heterocycles. The summed E-state index contributed by atoms with van der Waals surface area (Å²) in [5.41, 5.74) is 2.28. The fourth-order valence-electron chi connectivity index (χ4n) is 3.19. The second-order valence-corrected chi connectivity index (χ2v) is 7.59. The van der Waals surface area contributed by atoms with Gasteiger partial charge in [-0.2, -0.15) is 0 Å². The minimum Gasteiger partial charge on any atom is -0.411 e. The van der Waals surface area contributed by atoms with Crippen molar-refractivity contribution in [3.63, 3.8) is 0 Å². The van der Waals surface area contributed by atoms with Crippen molar-refractivity contribution in [2.75, 3.05) is 25.4 Å². The van der Waals surface area contributed by atoms with E-state index in [4.69, 9.17) is 9.15 Å². The largest absolute Gasteiger partial charge is 0.411 e. The number of hydrogen-bond donors (Lipinski definition) is 0. The summed E-state index contributed by atoms with van der Waals surface area (Å²) >= 11 is 1.57. The number of rotatable bonds is 6. The summed E-state index contributed by atoms with van der Waals surface area (Å²) in [6.07, 6.45) is 1.22. The van der Waals surface area contributed by atoms with Gasteiger partial charge in [-0.05, 0) is 24.1 Å². The first-order chi connectivity index (χ1) is 13.4. The van der Waals surface area contributed by atoms with Crippen LogP contribution in [0.4, 0.5) is 0 Å². The van der Waals surface area contributed by atoms with Gasteiger partial charge in [0, 0.05) is 37.6 Å². The van der Waals surface area contributed by atoms with Gasteiger partial charge in [0.25, 0.3) is 5.22 Å². The van der Waals surface area contributed by atoms with Crippen molar-refractivity contribution in [2.24, 2.45) is 0 Å². The molecule has 27 heavy (non-hydrogen) atoms. The standard InChI is InChI=1S/C21H23N3O2S/c1-3-8-17(9-4-1)14-24-12-7-13-25-19(15-24)16-27-21-23-22-20(26-21)18-10-5-2-6-11-18/h1-6,8-11,19H,7,12-16H2. The van der Waals surface area contributed by atoms with Gasteiger partial charge in [0.05, 0.1) is 6.10 Å². The van der Waals surface area contributed by atoms with Gasteiger partial charge in [-0.1, -0.05) is 60.3 Å². The third-order valence-electron chi connectivity index (χ3n) is 4.50. The van der Waals surface area contributed by atoms with E-state index in [2.05, 4.69) is 45.4 Å². The molecule has 2 aromatic carbocycles. The van der Waals surface area contributed by atoms with E-state index in [0.29, 0.717) is 11.1 Å².